The Hall–Kier alpha value is -3.92. The summed E-state index contributed by atoms with van der Waals surface area (Å²) in [6, 6.07) is 32.7. The van der Waals surface area contributed by atoms with Crippen LogP contribution in [0.15, 0.2) is 97.1 Å². The van der Waals surface area contributed by atoms with Crippen LogP contribution in [0.25, 0.3) is 49.9 Å². The van der Waals surface area contributed by atoms with Crippen LogP contribution >= 0.6 is 0 Å². The molecule has 0 saturated heterocycles. The first-order chi connectivity index (χ1) is 14.8. The lowest BCUT2D eigenvalue weighted by Crippen LogP contribution is -2.10. The summed E-state index contributed by atoms with van der Waals surface area (Å²) in [7, 11) is 6.44. The minimum absolute atomic E-state index is 0.622. The van der Waals surface area contributed by atoms with Crippen molar-refractivity contribution in [3.63, 3.8) is 0 Å². The van der Waals surface area contributed by atoms with Gasteiger partial charge >= 0.3 is 0 Å². The van der Waals surface area contributed by atoms with Crippen molar-refractivity contribution in [3.05, 3.63) is 97.1 Å². The highest BCUT2D eigenvalue weighted by Crippen LogP contribution is 2.32. The van der Waals surface area contributed by atoms with Crippen molar-refractivity contribution in [2.45, 2.75) is 0 Å². The molecule has 2 heterocycles. The number of benzene rings is 4. The summed E-state index contributed by atoms with van der Waals surface area (Å²) in [5, 5.41) is 3.27. The Kier molecular flexibility index (Phi) is 3.72. The van der Waals surface area contributed by atoms with Gasteiger partial charge in [-0.25, -0.2) is 9.97 Å². The van der Waals surface area contributed by atoms with Gasteiger partial charge in [0.05, 0.1) is 16.7 Å². The summed E-state index contributed by atoms with van der Waals surface area (Å²) in [6.45, 7) is 0. The molecule has 2 radical (unpaired) electrons. The van der Waals surface area contributed by atoms with E-state index in [1.807, 2.05) is 60.7 Å². The van der Waals surface area contributed by atoms with Gasteiger partial charge in [-0.2, -0.15) is 0 Å². The van der Waals surface area contributed by atoms with E-state index >= 15 is 0 Å². The summed E-state index contributed by atoms with van der Waals surface area (Å²) in [5.74, 6) is 0.622. The molecular formula is C26H16BN3. The van der Waals surface area contributed by atoms with Gasteiger partial charge < -0.3 is 0 Å². The quantitative estimate of drug-likeness (QED) is 0.387. The Bertz CT molecular complexity index is 1550. The van der Waals surface area contributed by atoms with Crippen molar-refractivity contribution >= 4 is 46.0 Å². The molecule has 2 aromatic heterocycles. The third-order valence-corrected chi connectivity index (χ3v) is 5.56. The van der Waals surface area contributed by atoms with Crippen molar-refractivity contribution < 1.29 is 0 Å². The first kappa shape index (κ1) is 17.0. The molecule has 0 aliphatic carbocycles. The second-order valence-corrected chi connectivity index (χ2v) is 7.35. The van der Waals surface area contributed by atoms with Crippen LogP contribution in [0.4, 0.5) is 0 Å². The summed E-state index contributed by atoms with van der Waals surface area (Å²) in [6.07, 6.45) is 0. The second-order valence-electron chi connectivity index (χ2n) is 7.35. The van der Waals surface area contributed by atoms with Gasteiger partial charge in [-0.05, 0) is 12.1 Å². The van der Waals surface area contributed by atoms with Gasteiger partial charge in [0, 0.05) is 27.2 Å². The Morgan fingerprint density at radius 1 is 0.600 bits per heavy atom. The van der Waals surface area contributed by atoms with Gasteiger partial charge in [0.25, 0.3) is 0 Å². The first-order valence-electron chi connectivity index (χ1n) is 9.91. The largest absolute Gasteiger partial charge is 0.278 e. The van der Waals surface area contributed by atoms with E-state index in [2.05, 4.69) is 41.0 Å². The molecule has 0 aliphatic heterocycles. The number of rotatable bonds is 2. The minimum atomic E-state index is 0.622. The third kappa shape index (κ3) is 2.47. The average Bonchev–Trinajstić information content (AvgIpc) is 3.15. The van der Waals surface area contributed by atoms with E-state index in [9.17, 15) is 0 Å². The van der Waals surface area contributed by atoms with Crippen molar-refractivity contribution in [1.29, 1.82) is 0 Å². The number of aromatic nitrogens is 3. The summed E-state index contributed by atoms with van der Waals surface area (Å²) >= 11 is 0. The van der Waals surface area contributed by atoms with Crippen LogP contribution in [-0.4, -0.2) is 22.4 Å². The van der Waals surface area contributed by atoms with Gasteiger partial charge in [0.15, 0.2) is 0 Å². The molecule has 0 spiro atoms. The maximum atomic E-state index is 6.44. The van der Waals surface area contributed by atoms with Gasteiger partial charge in [0.2, 0.25) is 5.95 Å². The molecule has 0 bridgehead atoms. The molecule has 4 aromatic carbocycles. The number of nitrogens with zero attached hydrogens (tertiary/aromatic N) is 3. The van der Waals surface area contributed by atoms with E-state index in [4.69, 9.17) is 17.8 Å². The molecule has 6 aromatic rings. The van der Waals surface area contributed by atoms with E-state index in [-0.39, 0.29) is 0 Å². The molecule has 4 heteroatoms. The SMILES string of the molecule is [B]c1cccc2c3ccccc3n(-c3nc(-c4ccccc4)c4ccccc4n3)c12. The van der Waals surface area contributed by atoms with Crippen LogP contribution in [0.3, 0.4) is 0 Å². The van der Waals surface area contributed by atoms with Crippen LogP contribution in [0.1, 0.15) is 0 Å². The lowest BCUT2D eigenvalue weighted by Gasteiger charge is -2.12. The standard InChI is InChI=1S/C26H16BN3/c27-21-14-8-13-19-18-11-5-7-16-23(18)30(25(19)21)26-28-22-15-6-4-12-20(22)24(29-26)17-9-2-1-3-10-17/h1-16H. The molecule has 0 saturated carbocycles. The molecule has 0 fully saturated rings. The summed E-state index contributed by atoms with van der Waals surface area (Å²) in [4.78, 5) is 9.99. The third-order valence-electron chi connectivity index (χ3n) is 5.56. The van der Waals surface area contributed by atoms with Crippen LogP contribution in [0, 0.1) is 0 Å². The monoisotopic (exact) mass is 381 g/mol. The molecule has 30 heavy (non-hydrogen) atoms. The molecule has 138 valence electrons. The van der Waals surface area contributed by atoms with Gasteiger partial charge in [-0.1, -0.05) is 90.4 Å². The number of hydrogen-bond donors (Lipinski definition) is 0. The van der Waals surface area contributed by atoms with Gasteiger partial charge in [-0.15, -0.1) is 0 Å². The Labute approximate surface area is 175 Å². The predicted octanol–water partition coefficient (Wildman–Crippen LogP) is 5.19. The van der Waals surface area contributed by atoms with Crippen LogP contribution in [0.5, 0.6) is 0 Å². The van der Waals surface area contributed by atoms with Crippen LogP contribution in [0.2, 0.25) is 0 Å². The summed E-state index contributed by atoms with van der Waals surface area (Å²) in [5.41, 5.74) is 5.57. The normalized spacial score (nSPS) is 11.5. The maximum absolute atomic E-state index is 6.44. The number of fused-ring (bicyclic) bond motifs is 4. The molecule has 0 N–H and O–H groups in total. The number of hydrogen-bond acceptors (Lipinski definition) is 2. The van der Waals surface area contributed by atoms with Gasteiger partial charge in [0.1, 0.15) is 7.85 Å². The maximum Gasteiger partial charge on any atom is 0.235 e. The van der Waals surface area contributed by atoms with Crippen molar-refractivity contribution in [2.75, 3.05) is 0 Å². The van der Waals surface area contributed by atoms with Gasteiger partial charge in [-0.3, -0.25) is 4.57 Å². The van der Waals surface area contributed by atoms with E-state index in [1.54, 1.807) is 0 Å². The first-order valence-corrected chi connectivity index (χ1v) is 9.91. The Morgan fingerprint density at radius 3 is 2.17 bits per heavy atom. The Balaban J connectivity index is 1.78. The fourth-order valence-electron chi connectivity index (χ4n) is 4.23. The van der Waals surface area contributed by atoms with Crippen molar-refractivity contribution in [3.8, 4) is 17.2 Å². The fraction of sp³-hybridized carbons (Fsp3) is 0. The molecule has 0 atom stereocenters. The van der Waals surface area contributed by atoms with Crippen LogP contribution in [-0.2, 0) is 0 Å². The molecular weight excluding hydrogens is 365 g/mol. The van der Waals surface area contributed by atoms with Crippen LogP contribution < -0.4 is 5.46 Å². The lowest BCUT2D eigenvalue weighted by molar-refractivity contribution is 1.02. The Morgan fingerprint density at radius 2 is 1.30 bits per heavy atom. The number of para-hydroxylation sites is 3. The predicted molar refractivity (Wildman–Crippen MR) is 125 cm³/mol. The molecule has 3 nitrogen and oxygen atoms in total. The van der Waals surface area contributed by atoms with E-state index in [0.717, 1.165) is 44.0 Å². The molecule has 6 rings (SSSR count). The van der Waals surface area contributed by atoms with E-state index < -0.39 is 0 Å². The summed E-state index contributed by atoms with van der Waals surface area (Å²) < 4.78 is 2.08. The zero-order valence-electron chi connectivity index (χ0n) is 16.2. The topological polar surface area (TPSA) is 30.7 Å². The van der Waals surface area contributed by atoms with Crippen molar-refractivity contribution in [2.24, 2.45) is 0 Å². The minimum Gasteiger partial charge on any atom is -0.278 e. The smallest absolute Gasteiger partial charge is 0.235 e. The zero-order chi connectivity index (χ0) is 20.1. The molecule has 0 unspecified atom stereocenters. The van der Waals surface area contributed by atoms with E-state index in [0.29, 0.717) is 11.4 Å². The highest BCUT2D eigenvalue weighted by molar-refractivity contribution is 6.39. The molecule has 0 amide bonds. The zero-order valence-corrected chi connectivity index (χ0v) is 16.2. The van der Waals surface area contributed by atoms with E-state index in [1.165, 1.54) is 0 Å². The van der Waals surface area contributed by atoms with Crippen molar-refractivity contribution in [1.82, 2.24) is 14.5 Å². The molecule has 0 aliphatic rings. The average molecular weight is 381 g/mol. The lowest BCUT2D eigenvalue weighted by atomic mass is 9.93. The highest BCUT2D eigenvalue weighted by atomic mass is 15.2. The fourth-order valence-corrected chi connectivity index (χ4v) is 4.23. The highest BCUT2D eigenvalue weighted by Gasteiger charge is 2.17. The second kappa shape index (κ2) is 6.56.